The first-order valence-corrected chi connectivity index (χ1v) is 9.98. The van der Waals surface area contributed by atoms with Gasteiger partial charge in [-0.25, -0.2) is 4.39 Å². The number of halogens is 1. The minimum Gasteiger partial charge on any atom is -0.356 e. The smallest absolute Gasteiger partial charge is 0.258 e. The van der Waals surface area contributed by atoms with Gasteiger partial charge in [-0.2, -0.15) is 0 Å². The van der Waals surface area contributed by atoms with Gasteiger partial charge in [0.05, 0.1) is 5.69 Å². The molecule has 0 saturated carbocycles. The van der Waals surface area contributed by atoms with E-state index in [1.54, 1.807) is 17.0 Å². The van der Waals surface area contributed by atoms with Gasteiger partial charge >= 0.3 is 0 Å². The second kappa shape index (κ2) is 8.43. The number of hydrogen-bond donors (Lipinski definition) is 1. The second-order valence-electron chi connectivity index (χ2n) is 7.32. The van der Waals surface area contributed by atoms with Crippen LogP contribution in [0.2, 0.25) is 0 Å². The number of hydrogen-bond acceptors (Lipinski definition) is 2. The maximum Gasteiger partial charge on any atom is 0.258 e. The fourth-order valence-electron chi connectivity index (χ4n) is 3.86. The van der Waals surface area contributed by atoms with Gasteiger partial charge in [-0.15, -0.1) is 0 Å². The lowest BCUT2D eigenvalue weighted by Gasteiger charge is -2.17. The molecule has 1 aliphatic heterocycles. The Bertz CT molecular complexity index is 1040. The third-order valence-corrected chi connectivity index (χ3v) is 5.31. The molecule has 0 unspecified atom stereocenters. The first kappa shape index (κ1) is 19.1. The minimum atomic E-state index is -0.238. The Hall–Kier alpha value is -3.21. The van der Waals surface area contributed by atoms with Gasteiger partial charge in [-0.3, -0.25) is 9.59 Å². The van der Waals surface area contributed by atoms with Crippen LogP contribution in [0.25, 0.3) is 10.8 Å². The van der Waals surface area contributed by atoms with Crippen molar-refractivity contribution < 1.29 is 14.0 Å². The zero-order valence-corrected chi connectivity index (χ0v) is 16.2. The minimum absolute atomic E-state index is 0.00789. The van der Waals surface area contributed by atoms with Crippen molar-refractivity contribution in [2.24, 2.45) is 0 Å². The topological polar surface area (TPSA) is 49.4 Å². The van der Waals surface area contributed by atoms with Crippen molar-refractivity contribution in [3.63, 3.8) is 0 Å². The number of aryl methyl sites for hydroxylation is 1. The Morgan fingerprint density at radius 3 is 2.52 bits per heavy atom. The van der Waals surface area contributed by atoms with Gasteiger partial charge in [-0.1, -0.05) is 36.4 Å². The van der Waals surface area contributed by atoms with E-state index in [1.807, 2.05) is 36.4 Å². The number of nitrogens with one attached hydrogen (secondary N) is 1. The highest BCUT2D eigenvalue weighted by Gasteiger charge is 2.28. The van der Waals surface area contributed by atoms with E-state index in [4.69, 9.17) is 0 Å². The zero-order chi connectivity index (χ0) is 20.2. The van der Waals surface area contributed by atoms with Crippen LogP contribution in [-0.4, -0.2) is 24.9 Å². The van der Waals surface area contributed by atoms with Crippen molar-refractivity contribution >= 4 is 28.3 Å². The maximum absolute atomic E-state index is 12.9. The van der Waals surface area contributed by atoms with Crippen LogP contribution in [-0.2, 0) is 11.2 Å². The summed E-state index contributed by atoms with van der Waals surface area (Å²) in [6, 6.07) is 18.2. The molecule has 29 heavy (non-hydrogen) atoms. The lowest BCUT2D eigenvalue weighted by molar-refractivity contribution is -0.121. The van der Waals surface area contributed by atoms with Crippen LogP contribution in [0.15, 0.2) is 60.7 Å². The number of carbonyl (C=O) groups excluding carboxylic acids is 2. The van der Waals surface area contributed by atoms with Gasteiger partial charge in [-0.05, 0) is 54.5 Å². The molecule has 0 atom stereocenters. The molecule has 148 valence electrons. The molecule has 3 aromatic rings. The van der Waals surface area contributed by atoms with Crippen LogP contribution in [0.5, 0.6) is 0 Å². The van der Waals surface area contributed by atoms with E-state index in [0.29, 0.717) is 25.9 Å². The predicted molar refractivity (Wildman–Crippen MR) is 113 cm³/mol. The average Bonchev–Trinajstić information content (AvgIpc) is 3.01. The molecule has 0 fully saturated rings. The molecule has 4 nitrogen and oxygen atoms in total. The van der Waals surface area contributed by atoms with E-state index >= 15 is 0 Å². The van der Waals surface area contributed by atoms with Gasteiger partial charge in [0.25, 0.3) is 5.91 Å². The summed E-state index contributed by atoms with van der Waals surface area (Å²) in [7, 11) is 0. The van der Waals surface area contributed by atoms with Gasteiger partial charge in [0.2, 0.25) is 5.91 Å². The summed E-state index contributed by atoms with van der Waals surface area (Å²) in [6.45, 7) is 1.11. The first-order chi connectivity index (χ1) is 14.1. The summed E-state index contributed by atoms with van der Waals surface area (Å²) >= 11 is 0. The Morgan fingerprint density at radius 1 is 0.966 bits per heavy atom. The molecule has 1 aliphatic rings. The maximum atomic E-state index is 12.9. The monoisotopic (exact) mass is 390 g/mol. The van der Waals surface area contributed by atoms with Crippen molar-refractivity contribution in [1.82, 2.24) is 5.32 Å². The molecule has 2 amide bonds. The molecule has 3 aromatic carbocycles. The van der Waals surface area contributed by atoms with E-state index in [2.05, 4.69) is 5.32 Å². The average molecular weight is 390 g/mol. The highest BCUT2D eigenvalue weighted by molar-refractivity contribution is 6.25. The van der Waals surface area contributed by atoms with Crippen LogP contribution >= 0.6 is 0 Å². The Morgan fingerprint density at radius 2 is 1.72 bits per heavy atom. The SMILES string of the molecule is O=C(CCCN1C(=O)c2cccc3cccc1c23)NCCCc1ccc(F)cc1. The summed E-state index contributed by atoms with van der Waals surface area (Å²) in [5.41, 5.74) is 2.73. The number of amides is 2. The van der Waals surface area contributed by atoms with Crippen LogP contribution in [0, 0.1) is 5.82 Å². The predicted octanol–water partition coefficient (Wildman–Crippen LogP) is 4.47. The van der Waals surface area contributed by atoms with Crippen molar-refractivity contribution in [3.05, 3.63) is 77.6 Å². The van der Waals surface area contributed by atoms with Crippen LogP contribution in [0.1, 0.15) is 35.2 Å². The Kier molecular flexibility index (Phi) is 5.56. The third kappa shape index (κ3) is 4.14. The van der Waals surface area contributed by atoms with Crippen molar-refractivity contribution in [1.29, 1.82) is 0 Å². The molecule has 0 aromatic heterocycles. The number of benzene rings is 3. The Labute approximate surface area is 169 Å². The largest absolute Gasteiger partial charge is 0.356 e. The fraction of sp³-hybridized carbons (Fsp3) is 0.250. The summed E-state index contributed by atoms with van der Waals surface area (Å²) in [4.78, 5) is 26.6. The van der Waals surface area contributed by atoms with Gasteiger partial charge in [0, 0.05) is 30.5 Å². The van der Waals surface area contributed by atoms with E-state index < -0.39 is 0 Å². The number of carbonyl (C=O) groups is 2. The molecule has 4 rings (SSSR count). The summed E-state index contributed by atoms with van der Waals surface area (Å²) in [5, 5.41) is 4.99. The molecule has 0 bridgehead atoms. The van der Waals surface area contributed by atoms with Crippen molar-refractivity contribution in [3.8, 4) is 0 Å². The number of rotatable bonds is 8. The molecule has 5 heteroatoms. The van der Waals surface area contributed by atoms with Gasteiger partial charge in [0.15, 0.2) is 0 Å². The molecular weight excluding hydrogens is 367 g/mol. The number of anilines is 1. The molecule has 0 aliphatic carbocycles. The lowest BCUT2D eigenvalue weighted by atomic mass is 10.1. The van der Waals surface area contributed by atoms with E-state index in [1.165, 1.54) is 12.1 Å². The van der Waals surface area contributed by atoms with E-state index in [9.17, 15) is 14.0 Å². The van der Waals surface area contributed by atoms with Crippen molar-refractivity contribution in [2.45, 2.75) is 25.7 Å². The molecule has 1 N–H and O–H groups in total. The highest BCUT2D eigenvalue weighted by atomic mass is 19.1. The summed E-state index contributed by atoms with van der Waals surface area (Å²) < 4.78 is 12.9. The van der Waals surface area contributed by atoms with Gasteiger partial charge < -0.3 is 10.2 Å². The number of nitrogens with zero attached hydrogens (tertiary/aromatic N) is 1. The molecule has 1 heterocycles. The standard InChI is InChI=1S/C24H23FN2O2/c25-19-13-11-17(12-14-19)5-3-15-26-22(28)10-4-16-27-21-9-2-7-18-6-1-8-20(23(18)21)24(27)29/h1-2,6-9,11-14H,3-5,10,15-16H2,(H,26,28). The first-order valence-electron chi connectivity index (χ1n) is 9.98. The quantitative estimate of drug-likeness (QED) is 0.577. The molecular formula is C24H23FN2O2. The zero-order valence-electron chi connectivity index (χ0n) is 16.2. The van der Waals surface area contributed by atoms with Gasteiger partial charge in [0.1, 0.15) is 5.82 Å². The Balaban J connectivity index is 1.22. The highest BCUT2D eigenvalue weighted by Crippen LogP contribution is 2.37. The lowest BCUT2D eigenvalue weighted by Crippen LogP contribution is -2.30. The molecule has 0 saturated heterocycles. The summed E-state index contributed by atoms with van der Waals surface area (Å²) in [5.74, 6) is -0.235. The summed E-state index contributed by atoms with van der Waals surface area (Å²) in [6.07, 6.45) is 2.59. The van der Waals surface area contributed by atoms with Crippen LogP contribution in [0.4, 0.5) is 10.1 Å². The molecule has 0 radical (unpaired) electrons. The van der Waals surface area contributed by atoms with Crippen LogP contribution < -0.4 is 10.2 Å². The second-order valence-corrected chi connectivity index (χ2v) is 7.32. The third-order valence-electron chi connectivity index (χ3n) is 5.31. The normalized spacial score (nSPS) is 12.6. The van der Waals surface area contributed by atoms with Crippen molar-refractivity contribution in [2.75, 3.05) is 18.0 Å². The van der Waals surface area contributed by atoms with E-state index in [0.717, 1.165) is 40.4 Å². The molecule has 0 spiro atoms. The van der Waals surface area contributed by atoms with Crippen LogP contribution in [0.3, 0.4) is 0 Å². The fourth-order valence-corrected chi connectivity index (χ4v) is 3.86. The van der Waals surface area contributed by atoms with E-state index in [-0.39, 0.29) is 17.6 Å².